The molecule has 1 saturated carbocycles. The van der Waals surface area contributed by atoms with Crippen LogP contribution in [0.15, 0.2) is 0 Å². The van der Waals surface area contributed by atoms with E-state index in [4.69, 9.17) is 0 Å². The zero-order chi connectivity index (χ0) is 12.7. The molecule has 2 heterocycles. The average molecular weight is 250 g/mol. The molecule has 3 rings (SSSR count). The Kier molecular flexibility index (Phi) is 3.35. The van der Waals surface area contributed by atoms with E-state index in [9.17, 15) is 4.79 Å². The van der Waals surface area contributed by atoms with Gasteiger partial charge in [-0.25, -0.2) is 0 Å². The van der Waals surface area contributed by atoms with Gasteiger partial charge in [-0.3, -0.25) is 9.69 Å². The van der Waals surface area contributed by atoms with Gasteiger partial charge in [0.25, 0.3) is 0 Å². The molecule has 0 aromatic rings. The molecule has 0 unspecified atom stereocenters. The van der Waals surface area contributed by atoms with Crippen molar-refractivity contribution in [1.82, 2.24) is 9.80 Å². The van der Waals surface area contributed by atoms with Crippen LogP contribution in [0.25, 0.3) is 0 Å². The van der Waals surface area contributed by atoms with Crippen LogP contribution in [0, 0.1) is 17.8 Å². The van der Waals surface area contributed by atoms with Gasteiger partial charge >= 0.3 is 0 Å². The van der Waals surface area contributed by atoms with Crippen molar-refractivity contribution < 1.29 is 4.79 Å². The highest BCUT2D eigenvalue weighted by Gasteiger charge is 2.43. The lowest BCUT2D eigenvalue weighted by molar-refractivity contribution is -0.138. The molecule has 4 atom stereocenters. The molecule has 0 aromatic carbocycles. The fourth-order valence-corrected chi connectivity index (χ4v) is 4.33. The van der Waals surface area contributed by atoms with E-state index in [1.165, 1.54) is 32.2 Å². The summed E-state index contributed by atoms with van der Waals surface area (Å²) in [7, 11) is 0. The van der Waals surface area contributed by atoms with Crippen LogP contribution in [0.1, 0.15) is 39.5 Å². The van der Waals surface area contributed by atoms with Gasteiger partial charge in [0.1, 0.15) is 0 Å². The first-order valence-electron chi connectivity index (χ1n) is 7.65. The van der Waals surface area contributed by atoms with Gasteiger partial charge in [0.15, 0.2) is 0 Å². The predicted molar refractivity (Wildman–Crippen MR) is 72.2 cm³/mol. The van der Waals surface area contributed by atoms with E-state index in [-0.39, 0.29) is 0 Å². The number of fused-ring (bicyclic) bond motifs is 1. The Bertz CT molecular complexity index is 320. The standard InChI is InChI=1S/C15H26N2O/c1-11-6-12(2)8-17(7-11)15(18)10-16-9-13-4-3-5-14(13)16/h11-14H,3-10H2,1-2H3/t11-,12+,13-,14+/m1/s1. The second-order valence-electron chi connectivity index (χ2n) is 6.93. The SMILES string of the molecule is C[C@@H]1C[C@H](C)CN(C(=O)CN2C[C@H]3CCC[C@@H]32)C1. The molecule has 3 heteroatoms. The molecule has 18 heavy (non-hydrogen) atoms. The number of amides is 1. The average Bonchev–Trinajstić information content (AvgIpc) is 2.66. The number of carbonyl (C=O) groups is 1. The van der Waals surface area contributed by atoms with Gasteiger partial charge in [-0.05, 0) is 37.0 Å². The molecule has 2 saturated heterocycles. The third-order valence-electron chi connectivity index (χ3n) is 5.12. The Morgan fingerprint density at radius 3 is 2.50 bits per heavy atom. The molecule has 3 fully saturated rings. The number of piperidine rings is 1. The second-order valence-corrected chi connectivity index (χ2v) is 6.93. The molecule has 0 aromatic heterocycles. The summed E-state index contributed by atoms with van der Waals surface area (Å²) in [6.45, 7) is 8.35. The lowest BCUT2D eigenvalue weighted by Gasteiger charge is -2.45. The van der Waals surface area contributed by atoms with Gasteiger partial charge < -0.3 is 4.90 Å². The van der Waals surface area contributed by atoms with E-state index >= 15 is 0 Å². The Morgan fingerprint density at radius 1 is 1.11 bits per heavy atom. The smallest absolute Gasteiger partial charge is 0.236 e. The van der Waals surface area contributed by atoms with Gasteiger partial charge in [-0.1, -0.05) is 20.3 Å². The third-order valence-corrected chi connectivity index (χ3v) is 5.12. The monoisotopic (exact) mass is 250 g/mol. The molecular formula is C15H26N2O. The Labute approximate surface area is 111 Å². The Hall–Kier alpha value is -0.570. The fourth-order valence-electron chi connectivity index (χ4n) is 4.33. The van der Waals surface area contributed by atoms with Gasteiger partial charge in [-0.15, -0.1) is 0 Å². The fraction of sp³-hybridized carbons (Fsp3) is 0.933. The van der Waals surface area contributed by atoms with Crippen molar-refractivity contribution in [2.75, 3.05) is 26.2 Å². The van der Waals surface area contributed by atoms with E-state index < -0.39 is 0 Å². The molecular weight excluding hydrogens is 224 g/mol. The highest BCUT2D eigenvalue weighted by molar-refractivity contribution is 5.78. The minimum absolute atomic E-state index is 0.374. The minimum atomic E-state index is 0.374. The zero-order valence-corrected chi connectivity index (χ0v) is 11.8. The van der Waals surface area contributed by atoms with Crippen molar-refractivity contribution in [1.29, 1.82) is 0 Å². The van der Waals surface area contributed by atoms with Crippen molar-refractivity contribution >= 4 is 5.91 Å². The number of hydrogen-bond donors (Lipinski definition) is 0. The van der Waals surface area contributed by atoms with Gasteiger partial charge in [-0.2, -0.15) is 0 Å². The number of hydrogen-bond acceptors (Lipinski definition) is 2. The summed E-state index contributed by atoms with van der Waals surface area (Å²) >= 11 is 0. The summed E-state index contributed by atoms with van der Waals surface area (Å²) in [5.74, 6) is 2.64. The van der Waals surface area contributed by atoms with E-state index in [0.29, 0.717) is 24.3 Å². The normalized spacial score (nSPS) is 40.4. The van der Waals surface area contributed by atoms with Gasteiger partial charge in [0.05, 0.1) is 6.54 Å². The van der Waals surface area contributed by atoms with Gasteiger partial charge in [0.2, 0.25) is 5.91 Å². The first-order valence-corrected chi connectivity index (χ1v) is 7.65. The second kappa shape index (κ2) is 4.84. The van der Waals surface area contributed by atoms with Crippen molar-refractivity contribution in [3.63, 3.8) is 0 Å². The topological polar surface area (TPSA) is 23.6 Å². The molecule has 0 radical (unpaired) electrons. The van der Waals surface area contributed by atoms with Crippen LogP contribution < -0.4 is 0 Å². The maximum absolute atomic E-state index is 12.4. The molecule has 2 aliphatic heterocycles. The summed E-state index contributed by atoms with van der Waals surface area (Å²) in [6, 6.07) is 0.744. The minimum Gasteiger partial charge on any atom is -0.341 e. The molecule has 1 amide bonds. The highest BCUT2D eigenvalue weighted by atomic mass is 16.2. The van der Waals surface area contributed by atoms with Crippen LogP contribution >= 0.6 is 0 Å². The summed E-state index contributed by atoms with van der Waals surface area (Å²) in [6.07, 6.45) is 5.37. The molecule has 3 nitrogen and oxygen atoms in total. The van der Waals surface area contributed by atoms with Crippen LogP contribution in [0.4, 0.5) is 0 Å². The third kappa shape index (κ3) is 2.29. The van der Waals surface area contributed by atoms with Crippen LogP contribution in [-0.4, -0.2) is 47.9 Å². The lowest BCUT2D eigenvalue weighted by Crippen LogP contribution is -2.57. The summed E-state index contributed by atoms with van der Waals surface area (Å²) in [5.41, 5.74) is 0. The predicted octanol–water partition coefficient (Wildman–Crippen LogP) is 1.98. The van der Waals surface area contributed by atoms with Crippen LogP contribution in [0.2, 0.25) is 0 Å². The highest BCUT2D eigenvalue weighted by Crippen LogP contribution is 2.38. The molecule has 1 aliphatic carbocycles. The maximum Gasteiger partial charge on any atom is 0.236 e. The van der Waals surface area contributed by atoms with E-state index in [0.717, 1.165) is 25.0 Å². The van der Waals surface area contributed by atoms with Crippen molar-refractivity contribution in [2.24, 2.45) is 17.8 Å². The maximum atomic E-state index is 12.4. The number of rotatable bonds is 2. The quantitative estimate of drug-likeness (QED) is 0.748. The first kappa shape index (κ1) is 12.5. The molecule has 0 spiro atoms. The van der Waals surface area contributed by atoms with Gasteiger partial charge in [0, 0.05) is 25.7 Å². The van der Waals surface area contributed by atoms with Crippen LogP contribution in [-0.2, 0) is 4.79 Å². The molecule has 0 bridgehead atoms. The Morgan fingerprint density at radius 2 is 1.83 bits per heavy atom. The van der Waals surface area contributed by atoms with Crippen LogP contribution in [0.5, 0.6) is 0 Å². The number of likely N-dealkylation sites (tertiary alicyclic amines) is 2. The molecule has 0 N–H and O–H groups in total. The summed E-state index contributed by atoms with van der Waals surface area (Å²) in [5, 5.41) is 0. The Balaban J connectivity index is 1.52. The lowest BCUT2D eigenvalue weighted by atomic mass is 9.90. The van der Waals surface area contributed by atoms with Crippen molar-refractivity contribution in [3.8, 4) is 0 Å². The molecule has 102 valence electrons. The van der Waals surface area contributed by atoms with Crippen LogP contribution in [0.3, 0.4) is 0 Å². The number of nitrogens with zero attached hydrogens (tertiary/aromatic N) is 2. The van der Waals surface area contributed by atoms with E-state index in [2.05, 4.69) is 23.6 Å². The van der Waals surface area contributed by atoms with E-state index in [1.54, 1.807) is 0 Å². The van der Waals surface area contributed by atoms with E-state index in [1.807, 2.05) is 0 Å². The van der Waals surface area contributed by atoms with Crippen molar-refractivity contribution in [3.05, 3.63) is 0 Å². The zero-order valence-electron chi connectivity index (χ0n) is 11.8. The number of carbonyl (C=O) groups excluding carboxylic acids is 1. The van der Waals surface area contributed by atoms with Crippen molar-refractivity contribution in [2.45, 2.75) is 45.6 Å². The summed E-state index contributed by atoms with van der Waals surface area (Å²) in [4.78, 5) is 16.9. The largest absolute Gasteiger partial charge is 0.341 e. The summed E-state index contributed by atoms with van der Waals surface area (Å²) < 4.78 is 0. The molecule has 3 aliphatic rings. The first-order chi connectivity index (χ1) is 8.63.